The minimum absolute atomic E-state index is 0.0302. The van der Waals surface area contributed by atoms with Gasteiger partial charge in [-0.1, -0.05) is 0 Å². The number of carboxylic acid groups (broad SMARTS) is 1. The SMILES string of the molecule is C[C@H]1CC2(CC2)OC(C)(C(=O)O)O1. The average molecular weight is 186 g/mol. The Labute approximate surface area is 76.8 Å². The van der Waals surface area contributed by atoms with Crippen molar-refractivity contribution in [2.24, 2.45) is 0 Å². The van der Waals surface area contributed by atoms with Gasteiger partial charge in [-0.2, -0.15) is 0 Å². The summed E-state index contributed by atoms with van der Waals surface area (Å²) in [6.45, 7) is 3.37. The Kier molecular flexibility index (Phi) is 1.69. The van der Waals surface area contributed by atoms with Crippen LogP contribution in [0.25, 0.3) is 0 Å². The second kappa shape index (κ2) is 2.45. The topological polar surface area (TPSA) is 55.8 Å². The van der Waals surface area contributed by atoms with E-state index in [2.05, 4.69) is 0 Å². The minimum Gasteiger partial charge on any atom is -0.477 e. The first-order valence-electron chi connectivity index (χ1n) is 4.57. The summed E-state index contributed by atoms with van der Waals surface area (Å²) in [5.74, 6) is -2.47. The summed E-state index contributed by atoms with van der Waals surface area (Å²) in [5.41, 5.74) is -0.190. The number of rotatable bonds is 1. The van der Waals surface area contributed by atoms with Crippen LogP contribution in [0.3, 0.4) is 0 Å². The molecule has 1 saturated carbocycles. The molecule has 0 aromatic heterocycles. The normalized spacial score (nSPS) is 41.8. The Morgan fingerprint density at radius 2 is 2.15 bits per heavy atom. The lowest BCUT2D eigenvalue weighted by Crippen LogP contribution is -2.52. The number of carbonyl (C=O) groups is 1. The molecule has 1 saturated heterocycles. The second-order valence-electron chi connectivity index (χ2n) is 4.17. The van der Waals surface area contributed by atoms with Gasteiger partial charge in [0.15, 0.2) is 0 Å². The van der Waals surface area contributed by atoms with Crippen molar-refractivity contribution in [3.05, 3.63) is 0 Å². The summed E-state index contributed by atoms with van der Waals surface area (Å²) in [6, 6.07) is 0. The van der Waals surface area contributed by atoms with Crippen molar-refractivity contribution in [1.82, 2.24) is 0 Å². The molecular formula is C9H14O4. The Morgan fingerprint density at radius 3 is 2.62 bits per heavy atom. The van der Waals surface area contributed by atoms with Gasteiger partial charge in [0.05, 0.1) is 11.7 Å². The van der Waals surface area contributed by atoms with Crippen molar-refractivity contribution in [1.29, 1.82) is 0 Å². The third-order valence-electron chi connectivity index (χ3n) is 2.69. The smallest absolute Gasteiger partial charge is 0.364 e. The fourth-order valence-corrected chi connectivity index (χ4v) is 1.97. The maximum absolute atomic E-state index is 10.9. The molecule has 1 spiro atoms. The first-order chi connectivity index (χ1) is 5.96. The van der Waals surface area contributed by atoms with Crippen LogP contribution in [0.15, 0.2) is 0 Å². The predicted octanol–water partition coefficient (Wildman–Crippen LogP) is 1.15. The molecule has 1 aliphatic heterocycles. The molecular weight excluding hydrogens is 172 g/mol. The molecule has 0 amide bonds. The highest BCUT2D eigenvalue weighted by Crippen LogP contribution is 2.50. The van der Waals surface area contributed by atoms with Crippen LogP contribution in [0, 0.1) is 0 Å². The van der Waals surface area contributed by atoms with E-state index in [1.807, 2.05) is 6.92 Å². The quantitative estimate of drug-likeness (QED) is 0.667. The molecule has 2 fully saturated rings. The highest BCUT2D eigenvalue weighted by molar-refractivity contribution is 5.75. The van der Waals surface area contributed by atoms with Crippen LogP contribution < -0.4 is 0 Å². The lowest BCUT2D eigenvalue weighted by molar-refractivity contribution is -0.306. The number of hydrogen-bond acceptors (Lipinski definition) is 3. The predicted molar refractivity (Wildman–Crippen MR) is 44.3 cm³/mol. The van der Waals surface area contributed by atoms with Crippen LogP contribution in [0.4, 0.5) is 0 Å². The zero-order valence-corrected chi connectivity index (χ0v) is 7.87. The van der Waals surface area contributed by atoms with Crippen LogP contribution in [-0.4, -0.2) is 28.6 Å². The van der Waals surface area contributed by atoms with Gasteiger partial charge in [-0.05, 0) is 19.8 Å². The first kappa shape index (κ1) is 8.97. The van der Waals surface area contributed by atoms with E-state index in [0.29, 0.717) is 0 Å². The number of aliphatic carboxylic acids is 1. The second-order valence-corrected chi connectivity index (χ2v) is 4.17. The summed E-state index contributed by atoms with van der Waals surface area (Å²) in [5, 5.41) is 8.93. The summed E-state index contributed by atoms with van der Waals surface area (Å²) in [7, 11) is 0. The molecule has 0 aromatic carbocycles. The number of hydrogen-bond donors (Lipinski definition) is 1. The van der Waals surface area contributed by atoms with E-state index in [-0.39, 0.29) is 11.7 Å². The van der Waals surface area contributed by atoms with E-state index in [1.165, 1.54) is 6.92 Å². The van der Waals surface area contributed by atoms with Gasteiger partial charge in [-0.15, -0.1) is 0 Å². The zero-order chi connectivity index (χ0) is 9.69. The van der Waals surface area contributed by atoms with Crippen molar-refractivity contribution in [3.8, 4) is 0 Å². The third kappa shape index (κ3) is 1.44. The van der Waals surface area contributed by atoms with Gasteiger partial charge in [-0.3, -0.25) is 0 Å². The van der Waals surface area contributed by atoms with Gasteiger partial charge in [0.2, 0.25) is 0 Å². The molecule has 4 heteroatoms. The molecule has 1 unspecified atom stereocenters. The molecule has 2 aliphatic rings. The molecule has 13 heavy (non-hydrogen) atoms. The molecule has 2 rings (SSSR count). The highest BCUT2D eigenvalue weighted by Gasteiger charge is 2.57. The fraction of sp³-hybridized carbons (Fsp3) is 0.889. The largest absolute Gasteiger partial charge is 0.477 e. The first-order valence-corrected chi connectivity index (χ1v) is 4.57. The van der Waals surface area contributed by atoms with Gasteiger partial charge in [0, 0.05) is 13.3 Å². The van der Waals surface area contributed by atoms with Crippen molar-refractivity contribution in [3.63, 3.8) is 0 Å². The Morgan fingerprint density at radius 1 is 1.54 bits per heavy atom. The Balaban J connectivity index is 2.17. The van der Waals surface area contributed by atoms with Crippen LogP contribution >= 0.6 is 0 Å². The van der Waals surface area contributed by atoms with E-state index in [0.717, 1.165) is 19.3 Å². The summed E-state index contributed by atoms with van der Waals surface area (Å²) in [4.78, 5) is 10.9. The average Bonchev–Trinajstić information content (AvgIpc) is 2.65. The summed E-state index contributed by atoms with van der Waals surface area (Å²) in [6.07, 6.45) is 2.71. The molecule has 74 valence electrons. The lowest BCUT2D eigenvalue weighted by atomic mass is 10.1. The maximum Gasteiger partial charge on any atom is 0.364 e. The van der Waals surface area contributed by atoms with E-state index in [4.69, 9.17) is 14.6 Å². The van der Waals surface area contributed by atoms with Crippen LogP contribution in [0.2, 0.25) is 0 Å². The van der Waals surface area contributed by atoms with E-state index in [1.54, 1.807) is 0 Å². The van der Waals surface area contributed by atoms with Gasteiger partial charge in [0.1, 0.15) is 0 Å². The third-order valence-corrected chi connectivity index (χ3v) is 2.69. The molecule has 4 nitrogen and oxygen atoms in total. The van der Waals surface area contributed by atoms with Crippen molar-refractivity contribution < 1.29 is 19.4 Å². The number of carboxylic acids is 1. The number of ether oxygens (including phenoxy) is 2. The Bertz CT molecular complexity index is 246. The monoisotopic (exact) mass is 186 g/mol. The Hall–Kier alpha value is -0.610. The molecule has 2 atom stereocenters. The zero-order valence-electron chi connectivity index (χ0n) is 7.87. The van der Waals surface area contributed by atoms with Crippen LogP contribution in [0.1, 0.15) is 33.1 Å². The van der Waals surface area contributed by atoms with E-state index >= 15 is 0 Å². The summed E-state index contributed by atoms with van der Waals surface area (Å²) < 4.78 is 10.8. The molecule has 1 N–H and O–H groups in total. The summed E-state index contributed by atoms with van der Waals surface area (Å²) >= 11 is 0. The maximum atomic E-state index is 10.9. The van der Waals surface area contributed by atoms with Crippen LogP contribution in [0.5, 0.6) is 0 Å². The molecule has 1 aliphatic carbocycles. The van der Waals surface area contributed by atoms with Gasteiger partial charge < -0.3 is 14.6 Å². The van der Waals surface area contributed by atoms with Gasteiger partial charge >= 0.3 is 5.97 Å². The van der Waals surface area contributed by atoms with E-state index < -0.39 is 11.8 Å². The van der Waals surface area contributed by atoms with Crippen molar-refractivity contribution in [2.45, 2.75) is 50.6 Å². The van der Waals surface area contributed by atoms with Crippen molar-refractivity contribution in [2.75, 3.05) is 0 Å². The standard InChI is InChI=1S/C9H14O4/c1-6-5-9(3-4-9)13-8(2,12-6)7(10)11/h6H,3-5H2,1-2H3,(H,10,11)/t6-,8?/m0/s1. The lowest BCUT2D eigenvalue weighted by Gasteiger charge is -2.39. The molecule has 0 bridgehead atoms. The fourth-order valence-electron chi connectivity index (χ4n) is 1.97. The highest BCUT2D eigenvalue weighted by atomic mass is 16.7. The van der Waals surface area contributed by atoms with Gasteiger partial charge in [0.25, 0.3) is 5.79 Å². The molecule has 1 heterocycles. The van der Waals surface area contributed by atoms with Gasteiger partial charge in [-0.25, -0.2) is 4.79 Å². The van der Waals surface area contributed by atoms with Crippen molar-refractivity contribution >= 4 is 5.97 Å². The molecule has 0 radical (unpaired) electrons. The molecule has 0 aromatic rings. The van der Waals surface area contributed by atoms with Crippen LogP contribution in [-0.2, 0) is 14.3 Å². The minimum atomic E-state index is -1.44. The van der Waals surface area contributed by atoms with E-state index in [9.17, 15) is 4.79 Å².